The van der Waals surface area contributed by atoms with Gasteiger partial charge in [-0.25, -0.2) is 0 Å². The highest BCUT2D eigenvalue weighted by molar-refractivity contribution is 5.98. The third-order valence-electron chi connectivity index (χ3n) is 3.75. The van der Waals surface area contributed by atoms with E-state index in [9.17, 15) is 4.79 Å². The summed E-state index contributed by atoms with van der Waals surface area (Å²) in [6, 6.07) is 9.39. The first-order chi connectivity index (χ1) is 11.1. The van der Waals surface area contributed by atoms with Gasteiger partial charge in [-0.15, -0.1) is 5.10 Å². The minimum Gasteiger partial charge on any atom is -0.464 e. The highest BCUT2D eigenvalue weighted by Crippen LogP contribution is 2.27. The number of hydrogen-bond acceptors (Lipinski definition) is 5. The van der Waals surface area contributed by atoms with Crippen LogP contribution in [0.1, 0.15) is 17.6 Å². The van der Waals surface area contributed by atoms with Crippen molar-refractivity contribution in [2.75, 3.05) is 26.4 Å². The zero-order chi connectivity index (χ0) is 16.4. The van der Waals surface area contributed by atoms with Crippen LogP contribution in [0, 0.1) is 0 Å². The molecule has 2 N–H and O–H groups in total. The summed E-state index contributed by atoms with van der Waals surface area (Å²) in [6.07, 6.45) is 2.84. The zero-order valence-electron chi connectivity index (χ0n) is 13.3. The normalized spacial score (nSPS) is 11.4. The predicted molar refractivity (Wildman–Crippen MR) is 90.3 cm³/mol. The van der Waals surface area contributed by atoms with Crippen molar-refractivity contribution in [2.24, 2.45) is 0 Å². The van der Waals surface area contributed by atoms with Crippen molar-refractivity contribution in [3.05, 3.63) is 36.6 Å². The Balaban J connectivity index is 1.93. The molecule has 0 atom stereocenters. The van der Waals surface area contributed by atoms with E-state index in [2.05, 4.69) is 10.00 Å². The molecule has 23 heavy (non-hydrogen) atoms. The average molecular weight is 312 g/mol. The maximum absolute atomic E-state index is 12.5. The highest BCUT2D eigenvalue weighted by atomic mass is 16.3. The molecule has 2 aromatic heterocycles. The summed E-state index contributed by atoms with van der Waals surface area (Å²) in [7, 11) is 3.98. The first-order valence-electron chi connectivity index (χ1n) is 7.56. The van der Waals surface area contributed by atoms with Gasteiger partial charge in [-0.1, -0.05) is 6.07 Å². The Kier molecular flexibility index (Phi) is 4.16. The van der Waals surface area contributed by atoms with Crippen LogP contribution in [0.3, 0.4) is 0 Å². The fourth-order valence-electron chi connectivity index (χ4n) is 2.58. The molecule has 6 heteroatoms. The lowest BCUT2D eigenvalue weighted by Crippen LogP contribution is -2.17. The van der Waals surface area contributed by atoms with E-state index in [0.717, 1.165) is 29.7 Å². The van der Waals surface area contributed by atoms with E-state index in [0.29, 0.717) is 17.8 Å². The Morgan fingerprint density at radius 2 is 2.17 bits per heavy atom. The molecule has 0 fully saturated rings. The van der Waals surface area contributed by atoms with Crippen LogP contribution in [0.15, 0.2) is 41.0 Å². The summed E-state index contributed by atoms with van der Waals surface area (Å²) < 4.78 is 6.82. The van der Waals surface area contributed by atoms with Crippen molar-refractivity contribution in [2.45, 2.75) is 12.8 Å². The lowest BCUT2D eigenvalue weighted by Gasteiger charge is -2.08. The van der Waals surface area contributed by atoms with Crippen molar-refractivity contribution in [3.8, 4) is 11.3 Å². The molecule has 0 aliphatic carbocycles. The van der Waals surface area contributed by atoms with Gasteiger partial charge in [-0.05, 0) is 51.3 Å². The van der Waals surface area contributed by atoms with E-state index < -0.39 is 0 Å². The molecule has 0 aliphatic heterocycles. The van der Waals surface area contributed by atoms with Crippen molar-refractivity contribution < 1.29 is 9.21 Å². The first-order valence-corrected chi connectivity index (χ1v) is 7.56. The molecule has 0 aliphatic rings. The molecule has 0 unspecified atom stereocenters. The number of benzene rings is 1. The summed E-state index contributed by atoms with van der Waals surface area (Å²) in [5, 5.41) is 4.99. The minimum atomic E-state index is -0.0508. The van der Waals surface area contributed by atoms with Gasteiger partial charge in [0.05, 0.1) is 11.8 Å². The standard InChI is InChI=1S/C17H20N4O2/c1-20(2)9-3-6-16(22)21-14-11-12(15-5-4-10-23-15)7-8-13(14)17(18)19-21/h4-5,7-8,10-11H,3,6,9H2,1-2H3,(H2,18,19). The van der Waals surface area contributed by atoms with Crippen LogP contribution in [-0.2, 0) is 0 Å². The number of nitrogens with zero attached hydrogens (tertiary/aromatic N) is 3. The second kappa shape index (κ2) is 6.26. The molecule has 0 bridgehead atoms. The average Bonchev–Trinajstić information content (AvgIpc) is 3.15. The highest BCUT2D eigenvalue weighted by Gasteiger charge is 2.15. The van der Waals surface area contributed by atoms with Gasteiger partial charge in [0.1, 0.15) is 5.76 Å². The van der Waals surface area contributed by atoms with Gasteiger partial charge >= 0.3 is 0 Å². The van der Waals surface area contributed by atoms with E-state index in [4.69, 9.17) is 10.2 Å². The number of furan rings is 1. The molecule has 6 nitrogen and oxygen atoms in total. The molecular formula is C17H20N4O2. The predicted octanol–water partition coefficient (Wildman–Crippen LogP) is 2.86. The van der Waals surface area contributed by atoms with Crippen LogP contribution in [0.4, 0.5) is 5.82 Å². The summed E-state index contributed by atoms with van der Waals surface area (Å²) in [4.78, 5) is 14.5. The Morgan fingerprint density at radius 3 is 2.87 bits per heavy atom. The lowest BCUT2D eigenvalue weighted by molar-refractivity contribution is 0.0887. The summed E-state index contributed by atoms with van der Waals surface area (Å²) in [6.45, 7) is 0.859. The quantitative estimate of drug-likeness (QED) is 0.784. The number of nitrogens with two attached hydrogens (primary N) is 1. The van der Waals surface area contributed by atoms with Crippen LogP contribution in [0.2, 0.25) is 0 Å². The second-order valence-electron chi connectivity index (χ2n) is 5.81. The maximum Gasteiger partial charge on any atom is 0.247 e. The summed E-state index contributed by atoms with van der Waals surface area (Å²) in [5.74, 6) is 1.07. The number of hydrogen-bond donors (Lipinski definition) is 1. The zero-order valence-corrected chi connectivity index (χ0v) is 13.3. The van der Waals surface area contributed by atoms with Crippen LogP contribution >= 0.6 is 0 Å². The monoisotopic (exact) mass is 312 g/mol. The lowest BCUT2D eigenvalue weighted by atomic mass is 10.1. The van der Waals surface area contributed by atoms with E-state index in [1.165, 1.54) is 4.68 Å². The second-order valence-corrected chi connectivity index (χ2v) is 5.81. The molecule has 3 aromatic rings. The molecule has 0 amide bonds. The Bertz CT molecular complexity index is 819. The minimum absolute atomic E-state index is 0.0508. The van der Waals surface area contributed by atoms with Crippen LogP contribution in [0.25, 0.3) is 22.2 Å². The number of anilines is 1. The first kappa shape index (κ1) is 15.3. The smallest absolute Gasteiger partial charge is 0.247 e. The summed E-state index contributed by atoms with van der Waals surface area (Å²) in [5.41, 5.74) is 7.55. The Labute approximate surface area is 134 Å². The van der Waals surface area contributed by atoms with Gasteiger partial charge in [0.25, 0.3) is 0 Å². The molecular weight excluding hydrogens is 292 g/mol. The molecule has 120 valence electrons. The topological polar surface area (TPSA) is 77.3 Å². The Morgan fingerprint density at radius 1 is 1.35 bits per heavy atom. The molecule has 0 radical (unpaired) electrons. The number of rotatable bonds is 5. The molecule has 0 saturated carbocycles. The third-order valence-corrected chi connectivity index (χ3v) is 3.75. The Hall–Kier alpha value is -2.60. The largest absolute Gasteiger partial charge is 0.464 e. The molecule has 0 saturated heterocycles. The number of fused-ring (bicyclic) bond motifs is 1. The van der Waals surface area contributed by atoms with Crippen LogP contribution < -0.4 is 5.73 Å². The molecule has 2 heterocycles. The SMILES string of the molecule is CN(C)CCCC(=O)n1nc(N)c2ccc(-c3ccco3)cc21. The fraction of sp³-hybridized carbons (Fsp3) is 0.294. The van der Waals surface area contributed by atoms with E-state index >= 15 is 0 Å². The summed E-state index contributed by atoms with van der Waals surface area (Å²) >= 11 is 0. The van der Waals surface area contributed by atoms with Crippen LogP contribution in [0.5, 0.6) is 0 Å². The van der Waals surface area contributed by atoms with Gasteiger partial charge in [-0.2, -0.15) is 4.68 Å². The van der Waals surface area contributed by atoms with Crippen molar-refractivity contribution >= 4 is 22.6 Å². The molecule has 0 spiro atoms. The number of nitrogen functional groups attached to an aromatic ring is 1. The van der Waals surface area contributed by atoms with Gasteiger partial charge in [0.15, 0.2) is 5.82 Å². The molecule has 3 rings (SSSR count). The van der Waals surface area contributed by atoms with E-state index in [1.54, 1.807) is 6.26 Å². The number of carbonyl (C=O) groups excluding carboxylic acids is 1. The van der Waals surface area contributed by atoms with Gasteiger partial charge in [0.2, 0.25) is 5.91 Å². The third kappa shape index (κ3) is 3.12. The number of carbonyl (C=O) groups is 1. The van der Waals surface area contributed by atoms with Crippen molar-refractivity contribution in [3.63, 3.8) is 0 Å². The van der Waals surface area contributed by atoms with Crippen LogP contribution in [-0.4, -0.2) is 41.2 Å². The van der Waals surface area contributed by atoms with Gasteiger partial charge in [-0.3, -0.25) is 4.79 Å². The van der Waals surface area contributed by atoms with Gasteiger partial charge < -0.3 is 15.1 Å². The van der Waals surface area contributed by atoms with Gasteiger partial charge in [0, 0.05) is 17.4 Å². The maximum atomic E-state index is 12.5. The van der Waals surface area contributed by atoms with E-state index in [-0.39, 0.29) is 5.91 Å². The fourth-order valence-corrected chi connectivity index (χ4v) is 2.58. The molecule has 1 aromatic carbocycles. The van der Waals surface area contributed by atoms with Crippen molar-refractivity contribution in [1.29, 1.82) is 0 Å². The van der Waals surface area contributed by atoms with E-state index in [1.807, 2.05) is 44.4 Å². The van der Waals surface area contributed by atoms with Crippen molar-refractivity contribution in [1.82, 2.24) is 14.7 Å². The number of aromatic nitrogens is 2.